The van der Waals surface area contributed by atoms with E-state index in [1.807, 2.05) is 0 Å². The van der Waals surface area contributed by atoms with E-state index in [4.69, 9.17) is 10.6 Å². The summed E-state index contributed by atoms with van der Waals surface area (Å²) in [6.45, 7) is 3.10. The molecule has 1 aliphatic carbocycles. The van der Waals surface area contributed by atoms with Gasteiger partial charge in [0.05, 0.1) is 11.6 Å². The van der Waals surface area contributed by atoms with Crippen LogP contribution < -0.4 is 11.3 Å². The molecular formula is C10H20N2O. The Hall–Kier alpha value is -0.120. The van der Waals surface area contributed by atoms with Gasteiger partial charge in [0.15, 0.2) is 0 Å². The van der Waals surface area contributed by atoms with Crippen LogP contribution in [0.3, 0.4) is 0 Å². The molecule has 2 rings (SSSR count). The zero-order valence-electron chi connectivity index (χ0n) is 8.38. The second-order valence-corrected chi connectivity index (χ2v) is 4.60. The van der Waals surface area contributed by atoms with Crippen molar-refractivity contribution in [3.8, 4) is 0 Å². The van der Waals surface area contributed by atoms with Gasteiger partial charge in [0, 0.05) is 6.61 Å². The number of nitrogens with one attached hydrogen (secondary N) is 1. The van der Waals surface area contributed by atoms with Crippen LogP contribution in [0.5, 0.6) is 0 Å². The smallest absolute Gasteiger partial charge is 0.0823 e. The van der Waals surface area contributed by atoms with Crippen molar-refractivity contribution < 1.29 is 4.74 Å². The Morgan fingerprint density at radius 2 is 2.23 bits per heavy atom. The predicted molar refractivity (Wildman–Crippen MR) is 52.0 cm³/mol. The Bertz CT molecular complexity index is 174. The molecule has 2 atom stereocenters. The molecule has 3 heteroatoms. The molecule has 13 heavy (non-hydrogen) atoms. The van der Waals surface area contributed by atoms with Crippen molar-refractivity contribution in [3.63, 3.8) is 0 Å². The third kappa shape index (κ3) is 1.60. The first-order valence-electron chi connectivity index (χ1n) is 5.36. The maximum absolute atomic E-state index is 5.81. The molecule has 2 aliphatic rings. The standard InChI is InChI=1S/C10H20N2O/c1-10(6-3-7-13-10)9(12-11)8-4-2-5-8/h8-9,12H,2-7,11H2,1H3. The van der Waals surface area contributed by atoms with Gasteiger partial charge in [-0.3, -0.25) is 11.3 Å². The van der Waals surface area contributed by atoms with Gasteiger partial charge in [-0.05, 0) is 38.5 Å². The lowest BCUT2D eigenvalue weighted by Crippen LogP contribution is -2.56. The molecule has 0 radical (unpaired) electrons. The number of hydrazine groups is 1. The van der Waals surface area contributed by atoms with E-state index in [1.54, 1.807) is 0 Å². The largest absolute Gasteiger partial charge is 0.374 e. The van der Waals surface area contributed by atoms with Crippen LogP contribution in [-0.4, -0.2) is 18.2 Å². The molecule has 76 valence electrons. The van der Waals surface area contributed by atoms with Crippen molar-refractivity contribution in [1.29, 1.82) is 0 Å². The average molecular weight is 184 g/mol. The van der Waals surface area contributed by atoms with E-state index >= 15 is 0 Å². The highest BCUT2D eigenvalue weighted by Crippen LogP contribution is 2.39. The summed E-state index contributed by atoms with van der Waals surface area (Å²) in [7, 11) is 0. The van der Waals surface area contributed by atoms with Gasteiger partial charge < -0.3 is 4.74 Å². The third-order valence-corrected chi connectivity index (χ3v) is 3.71. The Kier molecular flexibility index (Phi) is 2.58. The van der Waals surface area contributed by atoms with Crippen LogP contribution in [-0.2, 0) is 4.74 Å². The molecular weight excluding hydrogens is 164 g/mol. The molecule has 1 heterocycles. The Labute approximate surface area is 80.0 Å². The molecule has 0 aromatic rings. The maximum atomic E-state index is 5.81. The quantitative estimate of drug-likeness (QED) is 0.511. The highest BCUT2D eigenvalue weighted by Gasteiger charge is 2.43. The van der Waals surface area contributed by atoms with Gasteiger partial charge in [-0.25, -0.2) is 0 Å². The topological polar surface area (TPSA) is 47.3 Å². The van der Waals surface area contributed by atoms with E-state index in [0.29, 0.717) is 6.04 Å². The minimum absolute atomic E-state index is 0.000162. The number of rotatable bonds is 3. The summed E-state index contributed by atoms with van der Waals surface area (Å²) in [5.41, 5.74) is 2.96. The van der Waals surface area contributed by atoms with Gasteiger partial charge in [-0.1, -0.05) is 6.42 Å². The molecule has 1 saturated carbocycles. The van der Waals surface area contributed by atoms with Gasteiger partial charge in [0.1, 0.15) is 0 Å². The Balaban J connectivity index is 2.01. The maximum Gasteiger partial charge on any atom is 0.0823 e. The molecule has 0 bridgehead atoms. The zero-order chi connectivity index (χ0) is 9.31. The second kappa shape index (κ2) is 3.56. The van der Waals surface area contributed by atoms with Crippen molar-refractivity contribution in [2.45, 2.75) is 50.7 Å². The van der Waals surface area contributed by atoms with E-state index in [-0.39, 0.29) is 5.60 Å². The van der Waals surface area contributed by atoms with Crippen molar-refractivity contribution in [1.82, 2.24) is 5.43 Å². The normalized spacial score (nSPS) is 37.4. The second-order valence-electron chi connectivity index (χ2n) is 4.60. The Morgan fingerprint density at radius 1 is 1.46 bits per heavy atom. The van der Waals surface area contributed by atoms with Crippen LogP contribution in [0.15, 0.2) is 0 Å². The fourth-order valence-electron chi connectivity index (χ4n) is 2.63. The summed E-state index contributed by atoms with van der Waals surface area (Å²) in [4.78, 5) is 0. The van der Waals surface area contributed by atoms with Gasteiger partial charge in [-0.15, -0.1) is 0 Å². The van der Waals surface area contributed by atoms with E-state index in [2.05, 4.69) is 12.3 Å². The molecule has 0 spiro atoms. The monoisotopic (exact) mass is 184 g/mol. The molecule has 3 nitrogen and oxygen atoms in total. The molecule has 2 fully saturated rings. The van der Waals surface area contributed by atoms with Crippen LogP contribution in [0.4, 0.5) is 0 Å². The molecule has 0 aromatic carbocycles. The number of nitrogens with two attached hydrogens (primary N) is 1. The zero-order valence-corrected chi connectivity index (χ0v) is 8.38. The van der Waals surface area contributed by atoms with Gasteiger partial charge in [0.25, 0.3) is 0 Å². The Morgan fingerprint density at radius 3 is 2.62 bits per heavy atom. The van der Waals surface area contributed by atoms with Crippen LogP contribution in [0, 0.1) is 5.92 Å². The van der Waals surface area contributed by atoms with E-state index in [9.17, 15) is 0 Å². The minimum Gasteiger partial charge on any atom is -0.374 e. The first-order valence-corrected chi connectivity index (χ1v) is 5.36. The van der Waals surface area contributed by atoms with Crippen LogP contribution >= 0.6 is 0 Å². The van der Waals surface area contributed by atoms with Gasteiger partial charge in [0.2, 0.25) is 0 Å². The number of hydrogen-bond donors (Lipinski definition) is 2. The van der Waals surface area contributed by atoms with Gasteiger partial charge in [-0.2, -0.15) is 0 Å². The van der Waals surface area contributed by atoms with Crippen LogP contribution in [0.1, 0.15) is 39.0 Å². The summed E-state index contributed by atoms with van der Waals surface area (Å²) in [6.07, 6.45) is 6.32. The van der Waals surface area contributed by atoms with Gasteiger partial charge >= 0.3 is 0 Å². The lowest BCUT2D eigenvalue weighted by Gasteiger charge is -2.42. The van der Waals surface area contributed by atoms with E-state index < -0.39 is 0 Å². The summed E-state index contributed by atoms with van der Waals surface area (Å²) < 4.78 is 5.81. The molecule has 3 N–H and O–H groups in total. The number of hydrogen-bond acceptors (Lipinski definition) is 3. The van der Waals surface area contributed by atoms with Crippen molar-refractivity contribution >= 4 is 0 Å². The summed E-state index contributed by atoms with van der Waals surface area (Å²) >= 11 is 0. The highest BCUT2D eigenvalue weighted by atomic mass is 16.5. The average Bonchev–Trinajstić information content (AvgIpc) is 2.44. The van der Waals surface area contributed by atoms with Crippen molar-refractivity contribution in [2.75, 3.05) is 6.61 Å². The molecule has 0 aromatic heterocycles. The van der Waals surface area contributed by atoms with Crippen molar-refractivity contribution in [2.24, 2.45) is 11.8 Å². The molecule has 0 amide bonds. The fraction of sp³-hybridized carbons (Fsp3) is 1.00. The number of ether oxygens (including phenoxy) is 1. The first-order chi connectivity index (χ1) is 6.26. The summed E-state index contributed by atoms with van der Waals surface area (Å²) in [5.74, 6) is 6.36. The summed E-state index contributed by atoms with van der Waals surface area (Å²) in [6, 6.07) is 0.365. The SMILES string of the molecule is CC1(C(NN)C2CCC2)CCCO1. The first kappa shape index (κ1) is 9.44. The fourth-order valence-corrected chi connectivity index (χ4v) is 2.63. The van der Waals surface area contributed by atoms with Crippen LogP contribution in [0.2, 0.25) is 0 Å². The molecule has 1 aliphatic heterocycles. The third-order valence-electron chi connectivity index (χ3n) is 3.71. The van der Waals surface area contributed by atoms with Crippen LogP contribution in [0.25, 0.3) is 0 Å². The lowest BCUT2D eigenvalue weighted by atomic mass is 9.73. The highest BCUT2D eigenvalue weighted by molar-refractivity contribution is 4.97. The minimum atomic E-state index is -0.000162. The molecule has 1 saturated heterocycles. The van der Waals surface area contributed by atoms with Crippen molar-refractivity contribution in [3.05, 3.63) is 0 Å². The molecule has 2 unspecified atom stereocenters. The predicted octanol–water partition coefficient (Wildman–Crippen LogP) is 1.19. The summed E-state index contributed by atoms with van der Waals surface area (Å²) in [5, 5.41) is 0. The van der Waals surface area contributed by atoms with E-state index in [0.717, 1.165) is 18.9 Å². The van der Waals surface area contributed by atoms with E-state index in [1.165, 1.54) is 25.7 Å². The lowest BCUT2D eigenvalue weighted by molar-refractivity contribution is -0.0405.